The van der Waals surface area contributed by atoms with E-state index < -0.39 is 0 Å². The van der Waals surface area contributed by atoms with Crippen molar-refractivity contribution in [3.63, 3.8) is 0 Å². The summed E-state index contributed by atoms with van der Waals surface area (Å²) in [4.78, 5) is 16.1. The third-order valence-corrected chi connectivity index (χ3v) is 4.31. The molecule has 0 bridgehead atoms. The van der Waals surface area contributed by atoms with Crippen LogP contribution in [0.4, 0.5) is 0 Å². The van der Waals surface area contributed by atoms with Crippen LogP contribution in [0.5, 0.6) is 5.75 Å². The smallest absolute Gasteiger partial charge is 0.244 e. The Kier molecular flexibility index (Phi) is 5.49. The highest BCUT2D eigenvalue weighted by atomic mass is 32.2. The van der Waals surface area contributed by atoms with E-state index in [-0.39, 0.29) is 5.12 Å². The molecule has 0 fully saturated rings. The van der Waals surface area contributed by atoms with Crippen LogP contribution in [-0.4, -0.2) is 21.9 Å². The maximum atomic E-state index is 11.8. The monoisotopic (exact) mass is 305 g/mol. The topological polar surface area (TPSA) is 38.7 Å². The summed E-state index contributed by atoms with van der Waals surface area (Å²) in [5.74, 6) is 1.70. The molecule has 104 valence electrons. The van der Waals surface area contributed by atoms with Crippen molar-refractivity contribution in [3.8, 4) is 5.75 Å². The molecule has 1 aliphatic heterocycles. The number of aliphatic imine (C=N–C) groups is 1. The number of hydrogen-bond donors (Lipinski definition) is 0. The molecule has 3 nitrogen and oxygen atoms in total. The van der Waals surface area contributed by atoms with E-state index in [4.69, 9.17) is 4.74 Å². The van der Waals surface area contributed by atoms with E-state index in [2.05, 4.69) is 11.6 Å². The van der Waals surface area contributed by atoms with Gasteiger partial charge in [-0.2, -0.15) is 0 Å². The van der Waals surface area contributed by atoms with Crippen LogP contribution in [0.2, 0.25) is 0 Å². The first-order valence-corrected chi connectivity index (χ1v) is 8.02. The van der Waals surface area contributed by atoms with Gasteiger partial charge in [-0.15, -0.1) is 0 Å². The Morgan fingerprint density at radius 3 is 2.80 bits per heavy atom. The molecule has 0 saturated carbocycles. The van der Waals surface area contributed by atoms with Crippen LogP contribution >= 0.6 is 23.5 Å². The SMILES string of the molecule is C=CCOc1ccc(/C=C2/N=C(SCC)SC2=O)cc1. The third-order valence-electron chi connectivity index (χ3n) is 2.42. The van der Waals surface area contributed by atoms with Crippen molar-refractivity contribution in [3.05, 3.63) is 48.2 Å². The molecule has 1 aromatic rings. The molecule has 0 radical (unpaired) electrons. The minimum Gasteiger partial charge on any atom is -0.490 e. The second-order valence-electron chi connectivity index (χ2n) is 3.90. The molecule has 1 aromatic carbocycles. The lowest BCUT2D eigenvalue weighted by atomic mass is 10.2. The van der Waals surface area contributed by atoms with Crippen LogP contribution in [0.25, 0.3) is 6.08 Å². The lowest BCUT2D eigenvalue weighted by molar-refractivity contribution is -0.107. The van der Waals surface area contributed by atoms with Crippen molar-refractivity contribution < 1.29 is 9.53 Å². The summed E-state index contributed by atoms with van der Waals surface area (Å²) in [5.41, 5.74) is 1.44. The molecule has 0 N–H and O–H groups in total. The van der Waals surface area contributed by atoms with Crippen molar-refractivity contribution in [2.75, 3.05) is 12.4 Å². The first kappa shape index (κ1) is 14.9. The van der Waals surface area contributed by atoms with Crippen molar-refractivity contribution in [1.29, 1.82) is 0 Å². The number of carbonyl (C=O) groups is 1. The highest BCUT2D eigenvalue weighted by Gasteiger charge is 2.21. The van der Waals surface area contributed by atoms with E-state index >= 15 is 0 Å². The summed E-state index contributed by atoms with van der Waals surface area (Å²) >= 11 is 2.79. The lowest BCUT2D eigenvalue weighted by Gasteiger charge is -2.02. The zero-order chi connectivity index (χ0) is 14.4. The molecule has 0 aromatic heterocycles. The quantitative estimate of drug-likeness (QED) is 0.609. The zero-order valence-electron chi connectivity index (χ0n) is 11.2. The van der Waals surface area contributed by atoms with Gasteiger partial charge in [0.2, 0.25) is 5.12 Å². The molecule has 0 spiro atoms. The Morgan fingerprint density at radius 2 is 2.15 bits per heavy atom. The minimum absolute atomic E-state index is 0.00735. The molecule has 0 unspecified atom stereocenters. The molecule has 0 atom stereocenters. The van der Waals surface area contributed by atoms with Crippen molar-refractivity contribution in [2.45, 2.75) is 6.92 Å². The summed E-state index contributed by atoms with van der Waals surface area (Å²) in [6.45, 7) is 6.13. The Balaban J connectivity index is 2.10. The van der Waals surface area contributed by atoms with Gasteiger partial charge in [-0.1, -0.05) is 43.5 Å². The van der Waals surface area contributed by atoms with Gasteiger partial charge < -0.3 is 4.74 Å². The van der Waals surface area contributed by atoms with Gasteiger partial charge in [0.05, 0.1) is 0 Å². The van der Waals surface area contributed by atoms with Gasteiger partial charge in [-0.25, -0.2) is 4.99 Å². The first-order valence-electron chi connectivity index (χ1n) is 6.22. The Morgan fingerprint density at radius 1 is 1.40 bits per heavy atom. The molecule has 20 heavy (non-hydrogen) atoms. The van der Waals surface area contributed by atoms with Crippen molar-refractivity contribution in [2.24, 2.45) is 4.99 Å². The Bertz CT molecular complexity index is 562. The van der Waals surface area contributed by atoms with Gasteiger partial charge >= 0.3 is 0 Å². The minimum atomic E-state index is 0.00735. The van der Waals surface area contributed by atoms with E-state index in [1.807, 2.05) is 31.2 Å². The average Bonchev–Trinajstić information content (AvgIpc) is 2.79. The number of nitrogens with zero attached hydrogens (tertiary/aromatic N) is 1. The molecular formula is C15H15NO2S2. The third kappa shape index (κ3) is 4.02. The average molecular weight is 305 g/mol. The highest BCUT2D eigenvalue weighted by molar-refractivity contribution is 8.45. The highest BCUT2D eigenvalue weighted by Crippen LogP contribution is 2.30. The van der Waals surface area contributed by atoms with Crippen LogP contribution in [0.1, 0.15) is 12.5 Å². The van der Waals surface area contributed by atoms with E-state index in [0.717, 1.165) is 21.4 Å². The maximum Gasteiger partial charge on any atom is 0.244 e. The molecule has 0 saturated heterocycles. The van der Waals surface area contributed by atoms with Gasteiger partial charge in [0.15, 0.2) is 0 Å². The fraction of sp³-hybridized carbons (Fsp3) is 0.200. The molecule has 1 aliphatic rings. The number of thioether (sulfide) groups is 2. The van der Waals surface area contributed by atoms with E-state index in [1.54, 1.807) is 23.9 Å². The van der Waals surface area contributed by atoms with Gasteiger partial charge in [-0.3, -0.25) is 4.79 Å². The molecule has 5 heteroatoms. The predicted octanol–water partition coefficient (Wildman–Crippen LogP) is 3.97. The number of hydrogen-bond acceptors (Lipinski definition) is 5. The Hall–Kier alpha value is -1.46. The Labute approximate surface area is 127 Å². The fourth-order valence-electron chi connectivity index (χ4n) is 1.55. The maximum absolute atomic E-state index is 11.8. The number of benzene rings is 1. The number of carbonyl (C=O) groups excluding carboxylic acids is 1. The van der Waals surface area contributed by atoms with Gasteiger partial charge in [0.25, 0.3) is 0 Å². The van der Waals surface area contributed by atoms with E-state index in [9.17, 15) is 4.79 Å². The summed E-state index contributed by atoms with van der Waals surface area (Å²) in [6.07, 6.45) is 3.50. The van der Waals surface area contributed by atoms with Crippen molar-refractivity contribution >= 4 is 39.1 Å². The standard InChI is InChI=1S/C15H15NO2S2/c1-3-9-18-12-7-5-11(6-8-12)10-13-14(17)20-15(16-13)19-4-2/h3,5-8,10H,1,4,9H2,2H3/b13-10+. The largest absolute Gasteiger partial charge is 0.490 e. The summed E-state index contributed by atoms with van der Waals surface area (Å²) in [5, 5.41) is 0.00735. The summed E-state index contributed by atoms with van der Waals surface area (Å²) in [6, 6.07) is 7.55. The van der Waals surface area contributed by atoms with Gasteiger partial charge in [-0.05, 0) is 41.3 Å². The van der Waals surface area contributed by atoms with Crippen LogP contribution in [0.3, 0.4) is 0 Å². The normalized spacial score (nSPS) is 16.4. The van der Waals surface area contributed by atoms with Crippen LogP contribution in [-0.2, 0) is 4.79 Å². The molecule has 2 rings (SSSR count). The number of rotatable bonds is 5. The second kappa shape index (κ2) is 7.36. The predicted molar refractivity (Wildman–Crippen MR) is 88.3 cm³/mol. The molecule has 1 heterocycles. The second-order valence-corrected chi connectivity index (χ2v) is 6.37. The van der Waals surface area contributed by atoms with Gasteiger partial charge in [0, 0.05) is 0 Å². The zero-order valence-corrected chi connectivity index (χ0v) is 12.8. The summed E-state index contributed by atoms with van der Waals surface area (Å²) < 4.78 is 6.24. The van der Waals surface area contributed by atoms with Crippen LogP contribution in [0.15, 0.2) is 47.6 Å². The molecular weight excluding hydrogens is 290 g/mol. The molecule has 0 amide bonds. The summed E-state index contributed by atoms with van der Waals surface area (Å²) in [7, 11) is 0. The van der Waals surface area contributed by atoms with Crippen molar-refractivity contribution in [1.82, 2.24) is 0 Å². The van der Waals surface area contributed by atoms with E-state index in [1.165, 1.54) is 11.8 Å². The molecule has 0 aliphatic carbocycles. The number of ether oxygens (including phenoxy) is 1. The van der Waals surface area contributed by atoms with Crippen LogP contribution < -0.4 is 4.74 Å². The first-order chi connectivity index (χ1) is 9.72. The van der Waals surface area contributed by atoms with E-state index in [0.29, 0.717) is 12.3 Å². The van der Waals surface area contributed by atoms with Gasteiger partial charge in [0.1, 0.15) is 22.4 Å². The lowest BCUT2D eigenvalue weighted by Crippen LogP contribution is -1.92. The fourth-order valence-corrected chi connectivity index (χ4v) is 3.29. The van der Waals surface area contributed by atoms with Crippen LogP contribution in [0, 0.1) is 0 Å².